The van der Waals surface area contributed by atoms with Gasteiger partial charge in [0.05, 0.1) is 6.54 Å². The van der Waals surface area contributed by atoms with E-state index in [2.05, 4.69) is 46.5 Å². The Labute approximate surface area is 160 Å². The summed E-state index contributed by atoms with van der Waals surface area (Å²) in [6, 6.07) is 20.4. The minimum Gasteiger partial charge on any atom is -0.349 e. The summed E-state index contributed by atoms with van der Waals surface area (Å²) in [5, 5.41) is 2.98. The van der Waals surface area contributed by atoms with Crippen LogP contribution in [0.5, 0.6) is 0 Å². The fraction of sp³-hybridized carbons (Fsp3) is 0.261. The number of hydrogen-bond donors (Lipinski definition) is 1. The van der Waals surface area contributed by atoms with Crippen molar-refractivity contribution < 1.29 is 4.79 Å². The zero-order chi connectivity index (χ0) is 19.2. The van der Waals surface area contributed by atoms with E-state index in [9.17, 15) is 4.79 Å². The molecule has 1 amide bonds. The van der Waals surface area contributed by atoms with Gasteiger partial charge in [0.15, 0.2) is 0 Å². The largest absolute Gasteiger partial charge is 0.349 e. The summed E-state index contributed by atoms with van der Waals surface area (Å²) in [6.45, 7) is 6.30. The Bertz CT molecular complexity index is 902. The van der Waals surface area contributed by atoms with E-state index in [1.807, 2.05) is 50.2 Å². The molecule has 0 saturated carbocycles. The predicted molar refractivity (Wildman–Crippen MR) is 107 cm³/mol. The van der Waals surface area contributed by atoms with Crippen LogP contribution in [0.4, 0.5) is 0 Å². The minimum absolute atomic E-state index is 0.00475. The molecular formula is C23H25N3O. The third-order valence-electron chi connectivity index (χ3n) is 4.63. The van der Waals surface area contributed by atoms with Crippen molar-refractivity contribution in [3.05, 3.63) is 94.6 Å². The van der Waals surface area contributed by atoms with Gasteiger partial charge >= 0.3 is 0 Å². The molecule has 0 saturated heterocycles. The van der Waals surface area contributed by atoms with Crippen molar-refractivity contribution >= 4 is 5.91 Å². The molecule has 1 aromatic heterocycles. The van der Waals surface area contributed by atoms with Crippen LogP contribution in [0.2, 0.25) is 0 Å². The molecule has 0 fully saturated rings. The molecule has 0 spiro atoms. The maximum Gasteiger partial charge on any atom is 0.221 e. The van der Waals surface area contributed by atoms with E-state index in [0.717, 1.165) is 17.0 Å². The van der Waals surface area contributed by atoms with Crippen molar-refractivity contribution in [3.63, 3.8) is 0 Å². The molecule has 0 aliphatic rings. The maximum atomic E-state index is 12.7. The number of nitrogens with one attached hydrogen (secondary N) is 1. The topological polar surface area (TPSA) is 54.9 Å². The van der Waals surface area contributed by atoms with Gasteiger partial charge in [-0.1, -0.05) is 54.6 Å². The lowest BCUT2D eigenvalue weighted by Gasteiger charge is -2.20. The Morgan fingerprint density at radius 2 is 1.56 bits per heavy atom. The van der Waals surface area contributed by atoms with Crippen LogP contribution in [0.25, 0.3) is 0 Å². The molecule has 0 aliphatic heterocycles. The van der Waals surface area contributed by atoms with E-state index >= 15 is 0 Å². The first-order chi connectivity index (χ1) is 13.0. The number of carbonyl (C=O) groups excluding carboxylic acids is 1. The smallest absolute Gasteiger partial charge is 0.221 e. The molecule has 3 aromatic rings. The molecule has 0 bridgehead atoms. The summed E-state index contributed by atoms with van der Waals surface area (Å²) < 4.78 is 0. The van der Waals surface area contributed by atoms with Gasteiger partial charge in [0, 0.05) is 23.7 Å². The molecule has 1 N–H and O–H groups in total. The van der Waals surface area contributed by atoms with Gasteiger partial charge in [-0.2, -0.15) is 0 Å². The van der Waals surface area contributed by atoms with Crippen molar-refractivity contribution in [1.29, 1.82) is 0 Å². The van der Waals surface area contributed by atoms with Gasteiger partial charge in [0.1, 0.15) is 5.82 Å². The Kier molecular flexibility index (Phi) is 5.97. The van der Waals surface area contributed by atoms with Crippen LogP contribution in [-0.4, -0.2) is 15.9 Å². The van der Waals surface area contributed by atoms with Crippen LogP contribution < -0.4 is 5.32 Å². The van der Waals surface area contributed by atoms with Crippen molar-refractivity contribution in [3.8, 4) is 0 Å². The lowest BCUT2D eigenvalue weighted by atomic mass is 9.86. The number of carbonyl (C=O) groups is 1. The average molecular weight is 359 g/mol. The molecule has 1 unspecified atom stereocenters. The van der Waals surface area contributed by atoms with E-state index in [1.54, 1.807) is 0 Å². The van der Waals surface area contributed by atoms with E-state index in [0.29, 0.717) is 18.8 Å². The molecule has 4 nitrogen and oxygen atoms in total. The number of amides is 1. The van der Waals surface area contributed by atoms with Gasteiger partial charge < -0.3 is 5.32 Å². The number of rotatable bonds is 6. The standard InChI is InChI=1S/C23H25N3O/c1-16-9-7-8-12-20(16)21(19-10-5-4-6-11-19)14-23(27)24-15-22-25-17(2)13-18(3)26-22/h4-13,21H,14-15H2,1-3H3,(H,24,27). The molecule has 0 radical (unpaired) electrons. The number of aromatic nitrogens is 2. The first-order valence-electron chi connectivity index (χ1n) is 9.21. The van der Waals surface area contributed by atoms with Gasteiger partial charge in [-0.3, -0.25) is 4.79 Å². The Balaban J connectivity index is 1.76. The summed E-state index contributed by atoms with van der Waals surface area (Å²) in [7, 11) is 0. The van der Waals surface area contributed by atoms with Gasteiger partial charge in [-0.25, -0.2) is 9.97 Å². The quantitative estimate of drug-likeness (QED) is 0.716. The van der Waals surface area contributed by atoms with Gasteiger partial charge in [0.25, 0.3) is 0 Å². The molecule has 3 rings (SSSR count). The number of benzene rings is 2. The van der Waals surface area contributed by atoms with Crippen LogP contribution in [0, 0.1) is 20.8 Å². The molecule has 1 atom stereocenters. The van der Waals surface area contributed by atoms with Crippen LogP contribution in [0.1, 0.15) is 46.2 Å². The molecule has 2 aromatic carbocycles. The van der Waals surface area contributed by atoms with Crippen LogP contribution >= 0.6 is 0 Å². The number of hydrogen-bond acceptors (Lipinski definition) is 3. The Hall–Kier alpha value is -3.01. The van der Waals surface area contributed by atoms with Gasteiger partial charge in [-0.15, -0.1) is 0 Å². The highest BCUT2D eigenvalue weighted by Crippen LogP contribution is 2.30. The van der Waals surface area contributed by atoms with Crippen molar-refractivity contribution in [2.24, 2.45) is 0 Å². The minimum atomic E-state index is -0.00475. The number of aryl methyl sites for hydroxylation is 3. The summed E-state index contributed by atoms with van der Waals surface area (Å²) in [6.07, 6.45) is 0.389. The van der Waals surface area contributed by atoms with Crippen LogP contribution in [0.15, 0.2) is 60.7 Å². The Morgan fingerprint density at radius 3 is 2.22 bits per heavy atom. The molecular weight excluding hydrogens is 334 g/mol. The van der Waals surface area contributed by atoms with Gasteiger partial charge in [-0.05, 0) is 43.5 Å². The third kappa shape index (κ3) is 5.00. The second-order valence-electron chi connectivity index (χ2n) is 6.87. The summed E-state index contributed by atoms with van der Waals surface area (Å²) >= 11 is 0. The van der Waals surface area contributed by atoms with Crippen LogP contribution in [-0.2, 0) is 11.3 Å². The molecule has 138 valence electrons. The van der Waals surface area contributed by atoms with Crippen molar-refractivity contribution in [2.75, 3.05) is 0 Å². The summed E-state index contributed by atoms with van der Waals surface area (Å²) in [5.41, 5.74) is 5.34. The van der Waals surface area contributed by atoms with E-state index in [1.165, 1.54) is 11.1 Å². The highest BCUT2D eigenvalue weighted by atomic mass is 16.1. The number of nitrogens with zero attached hydrogens (tertiary/aromatic N) is 2. The lowest BCUT2D eigenvalue weighted by Crippen LogP contribution is -2.26. The monoisotopic (exact) mass is 359 g/mol. The van der Waals surface area contributed by atoms with Crippen LogP contribution in [0.3, 0.4) is 0 Å². The van der Waals surface area contributed by atoms with Gasteiger partial charge in [0.2, 0.25) is 5.91 Å². The van der Waals surface area contributed by atoms with E-state index in [4.69, 9.17) is 0 Å². The highest BCUT2D eigenvalue weighted by Gasteiger charge is 2.19. The zero-order valence-electron chi connectivity index (χ0n) is 16.1. The second kappa shape index (κ2) is 8.58. The predicted octanol–water partition coefficient (Wildman–Crippen LogP) is 4.24. The zero-order valence-corrected chi connectivity index (χ0v) is 16.1. The first kappa shape index (κ1) is 18.8. The fourth-order valence-corrected chi connectivity index (χ4v) is 3.38. The van der Waals surface area contributed by atoms with Crippen molar-refractivity contribution in [2.45, 2.75) is 39.7 Å². The third-order valence-corrected chi connectivity index (χ3v) is 4.63. The SMILES string of the molecule is Cc1cc(C)nc(CNC(=O)CC(c2ccccc2)c2ccccc2C)n1. The average Bonchev–Trinajstić information content (AvgIpc) is 2.65. The van der Waals surface area contributed by atoms with E-state index < -0.39 is 0 Å². The molecule has 27 heavy (non-hydrogen) atoms. The molecule has 4 heteroatoms. The molecule has 1 heterocycles. The first-order valence-corrected chi connectivity index (χ1v) is 9.21. The summed E-state index contributed by atoms with van der Waals surface area (Å²) in [4.78, 5) is 21.5. The fourth-order valence-electron chi connectivity index (χ4n) is 3.38. The maximum absolute atomic E-state index is 12.7. The summed E-state index contributed by atoms with van der Waals surface area (Å²) in [5.74, 6) is 0.662. The lowest BCUT2D eigenvalue weighted by molar-refractivity contribution is -0.121. The molecule has 0 aliphatic carbocycles. The normalized spacial score (nSPS) is 11.8. The van der Waals surface area contributed by atoms with E-state index in [-0.39, 0.29) is 11.8 Å². The highest BCUT2D eigenvalue weighted by molar-refractivity contribution is 5.77. The Morgan fingerprint density at radius 1 is 0.926 bits per heavy atom. The second-order valence-corrected chi connectivity index (χ2v) is 6.87. The van der Waals surface area contributed by atoms with Crippen molar-refractivity contribution in [1.82, 2.24) is 15.3 Å².